The molecule has 0 atom stereocenters. The van der Waals surface area contributed by atoms with E-state index in [0.29, 0.717) is 12.5 Å². The van der Waals surface area contributed by atoms with Gasteiger partial charge in [0.2, 0.25) is 0 Å². The fraction of sp³-hybridized carbons (Fsp3) is 0.211. The summed E-state index contributed by atoms with van der Waals surface area (Å²) in [5.74, 6) is 0.453. The van der Waals surface area contributed by atoms with Crippen molar-refractivity contribution in [3.8, 4) is 0 Å². The van der Waals surface area contributed by atoms with Gasteiger partial charge in [0.25, 0.3) is 0 Å². The number of aliphatic imine (C=N–C) groups is 1. The number of nitrogens with two attached hydrogens (primary N) is 1. The minimum atomic E-state index is 0.453. The van der Waals surface area contributed by atoms with E-state index in [9.17, 15) is 0 Å². The first-order valence-electron chi connectivity index (χ1n) is 7.97. The highest BCUT2D eigenvalue weighted by Crippen LogP contribution is 2.15. The Hall–Kier alpha value is -2.75. The molecule has 0 fully saturated rings. The maximum Gasteiger partial charge on any atom is 0.193 e. The molecule has 0 aliphatic heterocycles. The molecule has 0 saturated heterocycles. The van der Waals surface area contributed by atoms with E-state index < -0.39 is 0 Å². The van der Waals surface area contributed by atoms with Gasteiger partial charge in [0.05, 0.1) is 0 Å². The zero-order chi connectivity index (χ0) is 16.1. The van der Waals surface area contributed by atoms with Crippen molar-refractivity contribution >= 4 is 22.5 Å². The van der Waals surface area contributed by atoms with Crippen LogP contribution in [0.4, 0.5) is 5.69 Å². The van der Waals surface area contributed by atoms with Crippen LogP contribution >= 0.6 is 0 Å². The predicted octanol–water partition coefficient (Wildman–Crippen LogP) is 3.70. The van der Waals surface area contributed by atoms with Crippen molar-refractivity contribution in [3.63, 3.8) is 0 Å². The van der Waals surface area contributed by atoms with E-state index in [4.69, 9.17) is 5.73 Å². The standard InChI is InChI=1S/C19H22N4/c1-2-14-6-5-8-16(12-14)23-19(20)21-11-10-17-13-15-7-3-4-9-18(15)22-17/h3-9,12-13,22H,2,10-11H2,1H3,(H3,20,21,23). The van der Waals surface area contributed by atoms with Gasteiger partial charge >= 0.3 is 0 Å². The number of aromatic nitrogens is 1. The highest BCUT2D eigenvalue weighted by Gasteiger charge is 2.00. The molecule has 0 radical (unpaired) electrons. The van der Waals surface area contributed by atoms with Crippen LogP contribution in [0.3, 0.4) is 0 Å². The van der Waals surface area contributed by atoms with Crippen molar-refractivity contribution in [1.29, 1.82) is 0 Å². The van der Waals surface area contributed by atoms with Crippen LogP contribution in [-0.2, 0) is 12.8 Å². The first kappa shape index (κ1) is 15.2. The third kappa shape index (κ3) is 3.92. The van der Waals surface area contributed by atoms with Gasteiger partial charge in [-0.2, -0.15) is 0 Å². The summed E-state index contributed by atoms with van der Waals surface area (Å²) in [5, 5.41) is 4.38. The molecule has 0 bridgehead atoms. The van der Waals surface area contributed by atoms with Gasteiger partial charge in [0, 0.05) is 29.9 Å². The molecular weight excluding hydrogens is 284 g/mol. The number of hydrogen-bond acceptors (Lipinski definition) is 1. The van der Waals surface area contributed by atoms with E-state index in [0.717, 1.165) is 24.0 Å². The molecule has 0 spiro atoms. The lowest BCUT2D eigenvalue weighted by Gasteiger charge is -2.07. The average Bonchev–Trinajstić information content (AvgIpc) is 2.97. The Balaban J connectivity index is 1.58. The molecule has 0 aliphatic carbocycles. The number of anilines is 1. The molecule has 4 heteroatoms. The molecule has 1 aromatic heterocycles. The number of nitrogens with one attached hydrogen (secondary N) is 2. The average molecular weight is 306 g/mol. The van der Waals surface area contributed by atoms with Gasteiger partial charge in [-0.1, -0.05) is 37.3 Å². The molecule has 3 aromatic rings. The van der Waals surface area contributed by atoms with Gasteiger partial charge in [0.15, 0.2) is 5.96 Å². The highest BCUT2D eigenvalue weighted by molar-refractivity contribution is 5.92. The number of aromatic amines is 1. The summed E-state index contributed by atoms with van der Waals surface area (Å²) in [6, 6.07) is 18.7. The Morgan fingerprint density at radius 2 is 2.00 bits per heavy atom. The minimum Gasteiger partial charge on any atom is -0.370 e. The van der Waals surface area contributed by atoms with E-state index >= 15 is 0 Å². The zero-order valence-corrected chi connectivity index (χ0v) is 13.3. The number of H-pyrrole nitrogens is 1. The lowest BCUT2D eigenvalue weighted by molar-refractivity contribution is 0.937. The number of guanidine groups is 1. The van der Waals surface area contributed by atoms with Gasteiger partial charge < -0.3 is 16.0 Å². The molecule has 0 unspecified atom stereocenters. The van der Waals surface area contributed by atoms with Crippen molar-refractivity contribution in [2.75, 3.05) is 11.9 Å². The summed E-state index contributed by atoms with van der Waals surface area (Å²) in [6.45, 7) is 2.79. The van der Waals surface area contributed by atoms with Crippen LogP contribution < -0.4 is 11.1 Å². The molecule has 0 saturated carbocycles. The summed E-state index contributed by atoms with van der Waals surface area (Å²) >= 11 is 0. The van der Waals surface area contributed by atoms with Gasteiger partial charge in [-0.3, -0.25) is 4.99 Å². The first-order valence-corrected chi connectivity index (χ1v) is 7.97. The largest absolute Gasteiger partial charge is 0.370 e. The normalized spacial score (nSPS) is 11.8. The van der Waals surface area contributed by atoms with Crippen LogP contribution in [0.1, 0.15) is 18.2 Å². The van der Waals surface area contributed by atoms with Crippen LogP contribution in [0.2, 0.25) is 0 Å². The van der Waals surface area contributed by atoms with E-state index in [2.05, 4.69) is 52.5 Å². The third-order valence-corrected chi connectivity index (χ3v) is 3.86. The zero-order valence-electron chi connectivity index (χ0n) is 13.3. The molecule has 0 amide bonds. The molecule has 0 aliphatic rings. The quantitative estimate of drug-likeness (QED) is 0.497. The molecule has 4 nitrogen and oxygen atoms in total. The Kier molecular flexibility index (Phi) is 4.62. The van der Waals surface area contributed by atoms with Crippen molar-refractivity contribution in [1.82, 2.24) is 4.98 Å². The Labute approximate surface area is 136 Å². The fourth-order valence-corrected chi connectivity index (χ4v) is 2.62. The maximum absolute atomic E-state index is 5.97. The summed E-state index contributed by atoms with van der Waals surface area (Å²) in [4.78, 5) is 7.81. The topological polar surface area (TPSA) is 66.2 Å². The number of aryl methyl sites for hydroxylation is 1. The Bertz CT molecular complexity index is 784. The van der Waals surface area contributed by atoms with Gasteiger partial charge in [-0.15, -0.1) is 0 Å². The molecular formula is C19H22N4. The van der Waals surface area contributed by atoms with Gasteiger partial charge in [0.1, 0.15) is 0 Å². The van der Waals surface area contributed by atoms with Crippen LogP contribution in [0.5, 0.6) is 0 Å². The molecule has 3 rings (SSSR count). The van der Waals surface area contributed by atoms with Crippen LogP contribution in [0, 0.1) is 0 Å². The summed E-state index contributed by atoms with van der Waals surface area (Å²) < 4.78 is 0. The molecule has 2 aromatic carbocycles. The van der Waals surface area contributed by atoms with Crippen LogP contribution in [0.25, 0.3) is 10.9 Å². The maximum atomic E-state index is 5.97. The monoisotopic (exact) mass is 306 g/mol. The third-order valence-electron chi connectivity index (χ3n) is 3.86. The second-order valence-electron chi connectivity index (χ2n) is 5.58. The van der Waals surface area contributed by atoms with E-state index in [1.165, 1.54) is 16.6 Å². The fourth-order valence-electron chi connectivity index (χ4n) is 2.62. The molecule has 118 valence electrons. The van der Waals surface area contributed by atoms with Crippen LogP contribution in [0.15, 0.2) is 59.6 Å². The minimum absolute atomic E-state index is 0.453. The summed E-state index contributed by atoms with van der Waals surface area (Å²) in [5.41, 5.74) is 10.6. The van der Waals surface area contributed by atoms with E-state index in [1.54, 1.807) is 0 Å². The first-order chi connectivity index (χ1) is 11.2. The second-order valence-corrected chi connectivity index (χ2v) is 5.58. The molecule has 4 N–H and O–H groups in total. The van der Waals surface area contributed by atoms with E-state index in [-0.39, 0.29) is 0 Å². The predicted molar refractivity (Wildman–Crippen MR) is 97.9 cm³/mol. The number of rotatable bonds is 5. The number of hydrogen-bond donors (Lipinski definition) is 3. The van der Waals surface area contributed by atoms with Gasteiger partial charge in [-0.05, 0) is 41.6 Å². The van der Waals surface area contributed by atoms with E-state index in [1.807, 2.05) is 24.3 Å². The lowest BCUT2D eigenvalue weighted by Crippen LogP contribution is -2.23. The second kappa shape index (κ2) is 7.01. The Morgan fingerprint density at radius 1 is 1.13 bits per heavy atom. The number of fused-ring (bicyclic) bond motifs is 1. The number of benzene rings is 2. The van der Waals surface area contributed by atoms with Crippen molar-refractivity contribution < 1.29 is 0 Å². The van der Waals surface area contributed by atoms with Crippen molar-refractivity contribution in [3.05, 3.63) is 65.9 Å². The van der Waals surface area contributed by atoms with Crippen LogP contribution in [-0.4, -0.2) is 17.5 Å². The number of nitrogens with zero attached hydrogens (tertiary/aromatic N) is 1. The molecule has 1 heterocycles. The molecule has 23 heavy (non-hydrogen) atoms. The SMILES string of the molecule is CCc1cccc(NC(N)=NCCc2cc3ccccc3[nH]2)c1. The highest BCUT2D eigenvalue weighted by atomic mass is 15.1. The van der Waals surface area contributed by atoms with Gasteiger partial charge in [-0.25, -0.2) is 0 Å². The number of para-hydroxylation sites is 1. The summed E-state index contributed by atoms with van der Waals surface area (Å²) in [6.07, 6.45) is 1.85. The van der Waals surface area contributed by atoms with Crippen molar-refractivity contribution in [2.24, 2.45) is 10.7 Å². The van der Waals surface area contributed by atoms with Crippen molar-refractivity contribution in [2.45, 2.75) is 19.8 Å². The summed E-state index contributed by atoms with van der Waals surface area (Å²) in [7, 11) is 0. The smallest absolute Gasteiger partial charge is 0.193 e. The Morgan fingerprint density at radius 3 is 2.83 bits per heavy atom. The lowest BCUT2D eigenvalue weighted by atomic mass is 10.1.